The minimum absolute atomic E-state index is 0.187. The van der Waals surface area contributed by atoms with Crippen molar-refractivity contribution >= 4 is 57.8 Å². The van der Waals surface area contributed by atoms with E-state index in [0.717, 1.165) is 27.2 Å². The van der Waals surface area contributed by atoms with Crippen molar-refractivity contribution in [1.29, 1.82) is 0 Å². The van der Waals surface area contributed by atoms with Crippen molar-refractivity contribution in [3.8, 4) is 5.75 Å². The van der Waals surface area contributed by atoms with Crippen LogP contribution in [-0.2, 0) is 24.8 Å². The molecule has 0 unspecified atom stereocenters. The van der Waals surface area contributed by atoms with Crippen molar-refractivity contribution < 1.29 is 32.8 Å². The van der Waals surface area contributed by atoms with Crippen LogP contribution in [0.2, 0.25) is 0 Å². The van der Waals surface area contributed by atoms with Gasteiger partial charge in [-0.25, -0.2) is 0 Å². The molecule has 10 heteroatoms. The number of rotatable bonds is 13. The number of hydrogen-bond donors (Lipinski definition) is 1. The molecule has 0 atom stereocenters. The molecule has 0 aromatic heterocycles. The molecule has 3 aromatic rings. The summed E-state index contributed by atoms with van der Waals surface area (Å²) in [5.74, 6) is 0.125. The second-order valence-electron chi connectivity index (χ2n) is 13.1. The van der Waals surface area contributed by atoms with Crippen LogP contribution < -0.4 is 24.6 Å². The Morgan fingerprint density at radius 1 is 0.958 bits per heavy atom. The van der Waals surface area contributed by atoms with Gasteiger partial charge in [0, 0.05) is 46.7 Å². The summed E-state index contributed by atoms with van der Waals surface area (Å²) in [5, 5.41) is 1.77. The van der Waals surface area contributed by atoms with Crippen molar-refractivity contribution in [3.05, 3.63) is 85.4 Å². The number of para-hydroxylation sites is 1. The molecule has 48 heavy (non-hydrogen) atoms. The zero-order valence-electron chi connectivity index (χ0n) is 28.6. The average molecular weight is 898 g/mol. The van der Waals surface area contributed by atoms with Gasteiger partial charge >= 0.3 is 29.2 Å². The predicted octanol–water partition coefficient (Wildman–Crippen LogP) is 10.4. The molecule has 1 amide bonds. The molecule has 2 saturated carbocycles. The van der Waals surface area contributed by atoms with E-state index < -0.39 is 7.92 Å². The number of quaternary nitrogens is 1. The van der Waals surface area contributed by atoms with Crippen molar-refractivity contribution in [2.45, 2.75) is 95.3 Å². The zero-order valence-corrected chi connectivity index (χ0v) is 33.3. The first-order chi connectivity index (χ1) is 23.3. The van der Waals surface area contributed by atoms with E-state index in [9.17, 15) is 8.68 Å². The molecule has 0 heterocycles. The van der Waals surface area contributed by atoms with E-state index >= 15 is 0 Å². The van der Waals surface area contributed by atoms with Crippen LogP contribution in [0.5, 0.6) is 5.75 Å². The van der Waals surface area contributed by atoms with E-state index in [1.165, 1.54) is 64.2 Å². The number of benzene rings is 3. The molecule has 0 spiro atoms. The first-order valence-corrected chi connectivity index (χ1v) is 22.1. The zero-order chi connectivity index (χ0) is 34.8. The van der Waals surface area contributed by atoms with E-state index in [4.69, 9.17) is 9.92 Å². The number of hydrogen-bond acceptors (Lipinski definition) is 4. The monoisotopic (exact) mass is 897 g/mol. The summed E-state index contributed by atoms with van der Waals surface area (Å²) >= 11 is 1.56. The maximum atomic E-state index is 12.1. The molecule has 5 rings (SSSR count). The molecule has 2 N–H and O–H groups in total. The van der Waals surface area contributed by atoms with E-state index in [1.54, 1.807) is 43.1 Å². The normalized spacial score (nSPS) is 15.5. The summed E-state index contributed by atoms with van der Waals surface area (Å²) < 4.78 is 17.7. The number of carbonyl (C=O) groups excluding carboxylic acids is 1. The number of anilines is 2. The molecular weight excluding hydrogens is 845 g/mol. The topological polar surface area (TPSA) is 55.6 Å². The third-order valence-electron chi connectivity index (χ3n) is 9.66. The number of nitrogens with two attached hydrogens (primary N) is 1. The Hall–Kier alpha value is -1.57. The summed E-state index contributed by atoms with van der Waals surface area (Å²) in [6.45, 7) is 5.20. The van der Waals surface area contributed by atoms with E-state index in [-0.39, 0.29) is 18.3 Å². The quantitative estimate of drug-likeness (QED) is 0.0611. The van der Waals surface area contributed by atoms with Crippen LogP contribution in [0.3, 0.4) is 0 Å². The summed E-state index contributed by atoms with van der Waals surface area (Å²) in [6, 6.07) is 27.0. The van der Waals surface area contributed by atoms with E-state index in [0.29, 0.717) is 25.1 Å². The molecule has 2 aliphatic carbocycles. The molecule has 5 nitrogen and oxygen atoms in total. The first kappa shape index (κ1) is 40.9. The molecule has 0 radical (unpaired) electrons. The second-order valence-corrected chi connectivity index (χ2v) is 16.4. The molecular formula is C38H53AuClFN3O2PS. The number of nitrogens with zero attached hydrogens (tertiary/aromatic N) is 2. The molecule has 0 bridgehead atoms. The molecule has 2 aliphatic rings. The van der Waals surface area contributed by atoms with Gasteiger partial charge in [0.05, 0.1) is 11.3 Å². The number of amides is 1. The Labute approximate surface area is 311 Å². The SMILES string of the molecule is C[CH-][N+](C)(C)c1ccccc1[PH+](C1CCCCC1)C1CCCCC1.NC(=O)CCCN(c1cc[c-]cc1)c1ccc(OSF)cc1.[Cl][Au]. The fourth-order valence-corrected chi connectivity index (χ4v) is 11.8. The van der Waals surface area contributed by atoms with Crippen LogP contribution in [0.25, 0.3) is 0 Å². The summed E-state index contributed by atoms with van der Waals surface area (Å²) in [7, 11) is 8.80. The third kappa shape index (κ3) is 12.6. The summed E-state index contributed by atoms with van der Waals surface area (Å²) in [4.78, 5) is 13.0. The van der Waals surface area contributed by atoms with Crippen LogP contribution in [0.4, 0.5) is 20.9 Å². The van der Waals surface area contributed by atoms with Gasteiger partial charge in [0.2, 0.25) is 5.91 Å². The Morgan fingerprint density at radius 2 is 1.50 bits per heavy atom. The first-order valence-electron chi connectivity index (χ1n) is 17.1. The van der Waals surface area contributed by atoms with Gasteiger partial charge in [0.1, 0.15) is 16.7 Å². The average Bonchev–Trinajstić information content (AvgIpc) is 3.13. The Morgan fingerprint density at radius 3 is 2.02 bits per heavy atom. The number of halogens is 2. The predicted molar refractivity (Wildman–Crippen MR) is 204 cm³/mol. The van der Waals surface area contributed by atoms with Crippen LogP contribution in [0.15, 0.2) is 72.8 Å². The van der Waals surface area contributed by atoms with Crippen molar-refractivity contribution in [3.63, 3.8) is 0 Å². The molecule has 0 saturated heterocycles. The van der Waals surface area contributed by atoms with Crippen molar-refractivity contribution in [2.24, 2.45) is 5.73 Å². The van der Waals surface area contributed by atoms with Gasteiger partial charge in [-0.2, -0.15) is 18.2 Å². The van der Waals surface area contributed by atoms with Gasteiger partial charge in [-0.15, -0.1) is 29.5 Å². The minimum atomic E-state index is -0.481. The van der Waals surface area contributed by atoms with Crippen LogP contribution >= 0.6 is 29.5 Å². The molecule has 3 aromatic carbocycles. The molecule has 268 valence electrons. The van der Waals surface area contributed by atoms with E-state index in [2.05, 4.69) is 72.0 Å². The Bertz CT molecular complexity index is 1310. The third-order valence-corrected chi connectivity index (χ3v) is 13.9. The van der Waals surface area contributed by atoms with E-state index in [1.807, 2.05) is 36.4 Å². The van der Waals surface area contributed by atoms with Crippen LogP contribution in [0, 0.1) is 12.6 Å². The van der Waals surface area contributed by atoms with Crippen molar-refractivity contribution in [1.82, 2.24) is 4.48 Å². The van der Waals surface area contributed by atoms with Gasteiger partial charge < -0.3 is 19.3 Å². The molecule has 2 fully saturated rings. The number of primary amides is 1. The number of carbonyl (C=O) groups is 1. The van der Waals surface area contributed by atoms with Gasteiger partial charge in [-0.3, -0.25) is 4.79 Å². The summed E-state index contributed by atoms with van der Waals surface area (Å²) in [6.07, 6.45) is 15.8. The fourth-order valence-electron chi connectivity index (χ4n) is 7.05. The molecule has 0 aliphatic heterocycles. The van der Waals surface area contributed by atoms with Gasteiger partial charge in [0.25, 0.3) is 12.4 Å². The van der Waals surface area contributed by atoms with Gasteiger partial charge in [-0.1, -0.05) is 30.7 Å². The fraction of sp³-hybridized carbons (Fsp3) is 0.474. The summed E-state index contributed by atoms with van der Waals surface area (Å²) in [5.41, 5.74) is 10.7. The van der Waals surface area contributed by atoms with Gasteiger partial charge in [0.15, 0.2) is 0 Å². The van der Waals surface area contributed by atoms with Crippen LogP contribution in [-0.4, -0.2) is 37.9 Å². The Kier molecular flexibility index (Phi) is 19.0. The maximum absolute atomic E-state index is 12.1. The van der Waals surface area contributed by atoms with Gasteiger partial charge in [-0.05, 0) is 88.1 Å². The Balaban J connectivity index is 0.000000249. The van der Waals surface area contributed by atoms with Crippen molar-refractivity contribution in [2.75, 3.05) is 25.5 Å². The second kappa shape index (κ2) is 22.3. The van der Waals surface area contributed by atoms with Crippen LogP contribution in [0.1, 0.15) is 84.0 Å². The standard InChI is InChI=1S/C22H36NP.C16H16FN2O2S.Au.ClH/c1-4-23(2,3)21-17-11-12-18-22(21)24(19-13-7-5-8-14-19)20-15-9-6-10-16-20;17-22-21-15-10-8-14(9-11-15)19(12-4-7-16(18)20)13-5-2-1-3-6-13;;/h4,11-12,17-20H,5-10,13-16H2,1-3H3;2-3,5-6,8-11H,4,7,12H2,(H2,18,20);;1H/q;-1;+1;.